The molecule has 1 heterocycles. The number of aryl methyl sites for hydroxylation is 1. The van der Waals surface area contributed by atoms with Crippen molar-refractivity contribution in [1.82, 2.24) is 4.98 Å². The largest absolute Gasteiger partial charge is 0.504 e. The molecule has 0 amide bonds. The van der Waals surface area contributed by atoms with Crippen LogP contribution in [-0.4, -0.2) is 21.7 Å². The van der Waals surface area contributed by atoms with Crippen LogP contribution >= 0.6 is 0 Å². The van der Waals surface area contributed by atoms with Crippen molar-refractivity contribution in [2.45, 2.75) is 13.0 Å². The Hall–Kier alpha value is -1.59. The van der Waals surface area contributed by atoms with Gasteiger partial charge in [-0.05, 0) is 6.07 Å². The van der Waals surface area contributed by atoms with E-state index in [-0.39, 0.29) is 17.9 Å². The Morgan fingerprint density at radius 2 is 2.27 bits per heavy atom. The lowest BCUT2D eigenvalue weighted by molar-refractivity contribution is 0.182. The highest BCUT2D eigenvalue weighted by Gasteiger charge is 2.16. The summed E-state index contributed by atoms with van der Waals surface area (Å²) in [7, 11) is 0. The fraction of sp³-hybridized carbons (Fsp3) is 0.300. The van der Waals surface area contributed by atoms with Gasteiger partial charge in [0.1, 0.15) is 5.52 Å². The molecule has 0 radical (unpaired) electrons. The highest BCUT2D eigenvalue weighted by atomic mass is 16.4. The lowest BCUT2D eigenvalue weighted by Gasteiger charge is -2.09. The number of hydrogen-bond acceptors (Lipinski definition) is 5. The van der Waals surface area contributed by atoms with Crippen LogP contribution in [0.1, 0.15) is 17.6 Å². The second kappa shape index (κ2) is 3.52. The van der Waals surface area contributed by atoms with E-state index in [2.05, 4.69) is 4.98 Å². The molecule has 0 bridgehead atoms. The normalized spacial score (nSPS) is 13.3. The van der Waals surface area contributed by atoms with Gasteiger partial charge in [0.15, 0.2) is 17.2 Å². The molecule has 1 unspecified atom stereocenters. The third-order valence-corrected chi connectivity index (χ3v) is 2.25. The molecule has 2 rings (SSSR count). The molecule has 0 aliphatic rings. The summed E-state index contributed by atoms with van der Waals surface area (Å²) in [5.74, 6) is 0.380. The summed E-state index contributed by atoms with van der Waals surface area (Å²) in [4.78, 5) is 4.06. The Morgan fingerprint density at radius 1 is 1.53 bits per heavy atom. The van der Waals surface area contributed by atoms with Gasteiger partial charge < -0.3 is 20.4 Å². The molecule has 15 heavy (non-hydrogen) atoms. The molecular weight excluding hydrogens is 196 g/mol. The summed E-state index contributed by atoms with van der Waals surface area (Å²) in [5, 5.41) is 19.3. The summed E-state index contributed by atoms with van der Waals surface area (Å²) in [6, 6.07) is 3.27. The first-order valence-corrected chi connectivity index (χ1v) is 4.60. The van der Waals surface area contributed by atoms with Crippen molar-refractivity contribution in [3.63, 3.8) is 0 Å². The number of nitrogens with zero attached hydrogens (tertiary/aromatic N) is 1. The summed E-state index contributed by atoms with van der Waals surface area (Å²) in [6.45, 7) is 1.74. The molecule has 5 nitrogen and oxygen atoms in total. The Labute approximate surface area is 86.2 Å². The molecule has 4 N–H and O–H groups in total. The van der Waals surface area contributed by atoms with E-state index in [1.54, 1.807) is 19.1 Å². The quantitative estimate of drug-likeness (QED) is 0.679. The number of fused-ring (bicyclic) bond motifs is 1. The number of hydrogen-bond donors (Lipinski definition) is 3. The minimum atomic E-state index is -0.889. The number of phenolic OH excluding ortho intramolecular Hbond substituents is 1. The maximum atomic E-state index is 9.82. The monoisotopic (exact) mass is 208 g/mol. The minimum absolute atomic E-state index is 0.0478. The Balaban J connectivity index is 2.64. The van der Waals surface area contributed by atoms with Crippen LogP contribution < -0.4 is 5.73 Å². The summed E-state index contributed by atoms with van der Waals surface area (Å²) in [5.41, 5.74) is 6.53. The first kappa shape index (κ1) is 9.95. The molecule has 0 saturated heterocycles. The van der Waals surface area contributed by atoms with Gasteiger partial charge in [0.2, 0.25) is 0 Å². The summed E-state index contributed by atoms with van der Waals surface area (Å²) >= 11 is 0. The van der Waals surface area contributed by atoms with E-state index in [4.69, 9.17) is 10.2 Å². The zero-order chi connectivity index (χ0) is 11.0. The highest BCUT2D eigenvalue weighted by molar-refractivity contribution is 5.80. The van der Waals surface area contributed by atoms with Crippen LogP contribution in [0.3, 0.4) is 0 Å². The van der Waals surface area contributed by atoms with E-state index in [9.17, 15) is 10.2 Å². The Bertz CT molecular complexity index is 493. The minimum Gasteiger partial charge on any atom is -0.504 e. The average molecular weight is 208 g/mol. The third kappa shape index (κ3) is 1.55. The van der Waals surface area contributed by atoms with Crippen LogP contribution in [0.15, 0.2) is 16.5 Å². The average Bonchev–Trinajstić information content (AvgIpc) is 2.59. The molecule has 1 aromatic carbocycles. The molecule has 2 aromatic rings. The molecule has 0 fully saturated rings. The van der Waals surface area contributed by atoms with Gasteiger partial charge in [-0.25, -0.2) is 4.98 Å². The topological polar surface area (TPSA) is 92.5 Å². The van der Waals surface area contributed by atoms with Gasteiger partial charge in [0.25, 0.3) is 0 Å². The predicted octanol–water partition coefficient (Wildman–Crippen LogP) is 0.834. The number of benzene rings is 1. The van der Waals surface area contributed by atoms with E-state index < -0.39 is 6.10 Å². The predicted molar refractivity (Wildman–Crippen MR) is 54.4 cm³/mol. The fourth-order valence-electron chi connectivity index (χ4n) is 1.50. The van der Waals surface area contributed by atoms with Crippen molar-refractivity contribution in [3.8, 4) is 5.75 Å². The Kier molecular flexibility index (Phi) is 2.34. The molecule has 1 aromatic heterocycles. The molecule has 0 saturated carbocycles. The first-order chi connectivity index (χ1) is 7.13. The number of aromatic hydroxyl groups is 1. The van der Waals surface area contributed by atoms with Gasteiger partial charge in [-0.2, -0.15) is 0 Å². The zero-order valence-corrected chi connectivity index (χ0v) is 8.27. The zero-order valence-electron chi connectivity index (χ0n) is 8.27. The smallest absolute Gasteiger partial charge is 0.196 e. The van der Waals surface area contributed by atoms with Crippen molar-refractivity contribution >= 4 is 11.1 Å². The van der Waals surface area contributed by atoms with Crippen molar-refractivity contribution in [2.75, 3.05) is 6.54 Å². The van der Waals surface area contributed by atoms with E-state index in [1.807, 2.05) is 0 Å². The molecule has 0 aliphatic carbocycles. The van der Waals surface area contributed by atoms with E-state index in [0.29, 0.717) is 17.0 Å². The Morgan fingerprint density at radius 3 is 2.93 bits per heavy atom. The number of aliphatic hydroxyl groups is 1. The van der Waals surface area contributed by atoms with Crippen LogP contribution in [-0.2, 0) is 0 Å². The van der Waals surface area contributed by atoms with Gasteiger partial charge in [-0.15, -0.1) is 0 Å². The number of aliphatic hydroxyl groups excluding tert-OH is 1. The maximum absolute atomic E-state index is 9.82. The molecular formula is C10H12N2O3. The van der Waals surface area contributed by atoms with Gasteiger partial charge >= 0.3 is 0 Å². The van der Waals surface area contributed by atoms with Crippen molar-refractivity contribution in [3.05, 3.63) is 23.6 Å². The highest BCUT2D eigenvalue weighted by Crippen LogP contribution is 2.32. The van der Waals surface area contributed by atoms with Crippen LogP contribution in [0.5, 0.6) is 5.75 Å². The van der Waals surface area contributed by atoms with Gasteiger partial charge in [0, 0.05) is 19.0 Å². The standard InChI is InChI=1S/C10H12N2O3/c1-5-12-7-3-2-6(8(13)4-11)9(14)10(7)15-5/h2-3,8,13-14H,4,11H2,1H3. The molecule has 5 heteroatoms. The lowest BCUT2D eigenvalue weighted by Crippen LogP contribution is -2.11. The number of phenols is 1. The number of nitrogens with two attached hydrogens (primary N) is 1. The molecule has 1 atom stereocenters. The van der Waals surface area contributed by atoms with E-state index in [0.717, 1.165) is 0 Å². The van der Waals surface area contributed by atoms with Crippen LogP contribution in [0.25, 0.3) is 11.1 Å². The molecule has 0 aliphatic heterocycles. The van der Waals surface area contributed by atoms with Crippen LogP contribution in [0.2, 0.25) is 0 Å². The van der Waals surface area contributed by atoms with E-state index >= 15 is 0 Å². The van der Waals surface area contributed by atoms with Crippen LogP contribution in [0, 0.1) is 6.92 Å². The number of aromatic nitrogens is 1. The van der Waals surface area contributed by atoms with Crippen LogP contribution in [0.4, 0.5) is 0 Å². The van der Waals surface area contributed by atoms with Crippen molar-refractivity contribution < 1.29 is 14.6 Å². The third-order valence-electron chi connectivity index (χ3n) is 2.25. The van der Waals surface area contributed by atoms with Gasteiger partial charge in [0.05, 0.1) is 6.10 Å². The van der Waals surface area contributed by atoms with E-state index in [1.165, 1.54) is 0 Å². The first-order valence-electron chi connectivity index (χ1n) is 4.60. The summed E-state index contributed by atoms with van der Waals surface area (Å²) < 4.78 is 5.22. The maximum Gasteiger partial charge on any atom is 0.196 e. The fourth-order valence-corrected chi connectivity index (χ4v) is 1.50. The lowest BCUT2D eigenvalue weighted by atomic mass is 10.1. The van der Waals surface area contributed by atoms with Gasteiger partial charge in [-0.3, -0.25) is 0 Å². The number of rotatable bonds is 2. The second-order valence-electron chi connectivity index (χ2n) is 3.34. The van der Waals surface area contributed by atoms with Crippen molar-refractivity contribution in [2.24, 2.45) is 5.73 Å². The molecule has 0 spiro atoms. The number of oxazole rings is 1. The SMILES string of the molecule is Cc1nc2ccc(C(O)CN)c(O)c2o1. The van der Waals surface area contributed by atoms with Crippen molar-refractivity contribution in [1.29, 1.82) is 0 Å². The molecule has 80 valence electrons. The summed E-state index contributed by atoms with van der Waals surface area (Å²) in [6.07, 6.45) is -0.889. The second-order valence-corrected chi connectivity index (χ2v) is 3.34. The van der Waals surface area contributed by atoms with Gasteiger partial charge in [-0.1, -0.05) is 6.07 Å².